The van der Waals surface area contributed by atoms with E-state index in [-0.39, 0.29) is 11.8 Å². The second kappa shape index (κ2) is 7.59. The minimum Gasteiger partial charge on any atom is -0.398 e. The maximum atomic E-state index is 12.8. The van der Waals surface area contributed by atoms with Crippen LogP contribution >= 0.6 is 15.9 Å². The van der Waals surface area contributed by atoms with E-state index in [1.807, 2.05) is 6.07 Å². The van der Waals surface area contributed by atoms with Gasteiger partial charge in [-0.25, -0.2) is 4.68 Å². The summed E-state index contributed by atoms with van der Waals surface area (Å²) in [6, 6.07) is 9.77. The van der Waals surface area contributed by atoms with E-state index in [0.29, 0.717) is 21.5 Å². The van der Waals surface area contributed by atoms with Crippen molar-refractivity contribution < 1.29 is 8.78 Å². The molecule has 4 N–H and O–H groups in total. The number of fused-ring (bicyclic) bond motifs is 1. The lowest BCUT2D eigenvalue weighted by molar-refractivity contribution is 0.0566. The molecule has 2 aromatic carbocycles. The van der Waals surface area contributed by atoms with Crippen LogP contribution in [0, 0.1) is 12.3 Å². The van der Waals surface area contributed by atoms with Crippen molar-refractivity contribution in [1.82, 2.24) is 9.78 Å². The summed E-state index contributed by atoms with van der Waals surface area (Å²) in [6.07, 6.45) is 4.38. The Kier molecular flexibility index (Phi) is 5.12. The van der Waals surface area contributed by atoms with Crippen molar-refractivity contribution in [2.75, 3.05) is 11.1 Å². The molecule has 1 heterocycles. The van der Waals surface area contributed by atoms with Crippen molar-refractivity contribution in [3.8, 4) is 0 Å². The van der Waals surface area contributed by atoms with Crippen molar-refractivity contribution in [2.24, 2.45) is 0 Å². The second-order valence-electron chi connectivity index (χ2n) is 7.14. The highest BCUT2D eigenvalue weighted by Gasteiger charge is 2.25. The Labute approximate surface area is 175 Å². The molecule has 4 rings (SSSR count). The first kappa shape index (κ1) is 19.6. The van der Waals surface area contributed by atoms with Gasteiger partial charge in [0.05, 0.1) is 18.0 Å². The van der Waals surface area contributed by atoms with Crippen molar-refractivity contribution in [3.63, 3.8) is 0 Å². The zero-order chi connectivity index (χ0) is 20.7. The first-order valence-electron chi connectivity index (χ1n) is 9.20. The van der Waals surface area contributed by atoms with Crippen LogP contribution < -0.4 is 11.1 Å². The van der Waals surface area contributed by atoms with E-state index in [4.69, 9.17) is 11.1 Å². The number of hydrogen-bond acceptors (Lipinski definition) is 4. The Hall–Kier alpha value is -2.74. The zero-order valence-corrected chi connectivity index (χ0v) is 17.3. The van der Waals surface area contributed by atoms with Crippen LogP contribution in [-0.2, 0) is 6.42 Å². The molecule has 0 aliphatic heterocycles. The third-order valence-corrected chi connectivity index (χ3v) is 6.24. The maximum absolute atomic E-state index is 12.8. The van der Waals surface area contributed by atoms with Gasteiger partial charge < -0.3 is 11.1 Å². The number of alkyl halides is 2. The van der Waals surface area contributed by atoms with Crippen LogP contribution in [0.1, 0.15) is 46.8 Å². The van der Waals surface area contributed by atoms with E-state index in [2.05, 4.69) is 45.4 Å². The molecule has 8 heteroatoms. The molecule has 29 heavy (non-hydrogen) atoms. The number of rotatable bonds is 5. The summed E-state index contributed by atoms with van der Waals surface area (Å²) in [6.45, 7) is -0.624. The Bertz CT molecular complexity index is 1090. The van der Waals surface area contributed by atoms with Gasteiger partial charge in [0.15, 0.2) is 0 Å². The van der Waals surface area contributed by atoms with Crippen molar-refractivity contribution in [2.45, 2.75) is 32.4 Å². The first-order chi connectivity index (χ1) is 13.8. The van der Waals surface area contributed by atoms with Gasteiger partial charge in [0, 0.05) is 33.2 Å². The van der Waals surface area contributed by atoms with Crippen LogP contribution in [0.2, 0.25) is 0 Å². The van der Waals surface area contributed by atoms with Crippen LogP contribution in [0.25, 0.3) is 0 Å². The molecule has 0 radical (unpaired) electrons. The van der Waals surface area contributed by atoms with Gasteiger partial charge in [-0.1, -0.05) is 22.0 Å². The third-order valence-electron chi connectivity index (χ3n) is 5.38. The van der Waals surface area contributed by atoms with Crippen LogP contribution in [0.15, 0.2) is 47.2 Å². The molecule has 0 spiro atoms. The summed E-state index contributed by atoms with van der Waals surface area (Å²) in [4.78, 5) is 0. The van der Waals surface area contributed by atoms with Crippen molar-refractivity contribution >= 4 is 33.0 Å². The molecule has 5 nitrogen and oxygen atoms in total. The summed E-state index contributed by atoms with van der Waals surface area (Å²) < 4.78 is 27.2. The number of nitrogens with two attached hydrogens (primary N) is 1. The fraction of sp³-hybridized carbons (Fsp3) is 0.238. The summed E-state index contributed by atoms with van der Waals surface area (Å²) in [5, 5.41) is 15.5. The van der Waals surface area contributed by atoms with Gasteiger partial charge in [0.1, 0.15) is 0 Å². The number of hydrogen-bond donors (Lipinski definition) is 3. The summed E-state index contributed by atoms with van der Waals surface area (Å²) >= 11 is 3.59. The number of anilines is 2. The monoisotopic (exact) mass is 459 g/mol. The van der Waals surface area contributed by atoms with E-state index in [0.717, 1.165) is 29.2 Å². The minimum absolute atomic E-state index is 0.0599. The third kappa shape index (κ3) is 3.64. The standard InChI is InChI=1S/C21H20BrF2N5/c1-11-14-4-7-19(15(14)3-5-17(11)22)28-13-2-6-18(25)16(8-13)20(26)12-9-27-29(10-12)21(23)24/h2-3,5-6,8-10,19,21,26,28H,4,7,25H2,1H3. The van der Waals surface area contributed by atoms with Gasteiger partial charge in [-0.05, 0) is 60.7 Å². The Morgan fingerprint density at radius 2 is 2.14 bits per heavy atom. The van der Waals surface area contributed by atoms with E-state index < -0.39 is 6.55 Å². The first-order valence-corrected chi connectivity index (χ1v) is 10.00. The highest BCUT2D eigenvalue weighted by molar-refractivity contribution is 9.10. The van der Waals surface area contributed by atoms with E-state index in [9.17, 15) is 8.78 Å². The van der Waals surface area contributed by atoms with Crippen LogP contribution in [0.3, 0.4) is 0 Å². The molecule has 1 aromatic heterocycles. The van der Waals surface area contributed by atoms with Crippen molar-refractivity contribution in [3.05, 3.63) is 75.0 Å². The minimum atomic E-state index is -2.74. The molecular formula is C21H20BrF2N5. The van der Waals surface area contributed by atoms with Crippen LogP contribution in [-0.4, -0.2) is 15.5 Å². The predicted octanol–water partition coefficient (Wildman–Crippen LogP) is 5.45. The summed E-state index contributed by atoms with van der Waals surface area (Å²) in [5.41, 5.74) is 12.0. The van der Waals surface area contributed by atoms with Crippen LogP contribution in [0.4, 0.5) is 20.2 Å². The number of halogens is 3. The van der Waals surface area contributed by atoms with E-state index >= 15 is 0 Å². The largest absolute Gasteiger partial charge is 0.398 e. The Balaban J connectivity index is 1.60. The molecule has 3 aromatic rings. The fourth-order valence-corrected chi connectivity index (χ4v) is 4.17. The van der Waals surface area contributed by atoms with Gasteiger partial charge in [0.25, 0.3) is 0 Å². The second-order valence-corrected chi connectivity index (χ2v) is 7.99. The molecule has 0 bridgehead atoms. The molecule has 0 amide bonds. The van der Waals surface area contributed by atoms with Gasteiger partial charge >= 0.3 is 6.55 Å². The highest BCUT2D eigenvalue weighted by Crippen LogP contribution is 2.38. The Morgan fingerprint density at radius 1 is 1.34 bits per heavy atom. The maximum Gasteiger partial charge on any atom is 0.333 e. The predicted molar refractivity (Wildman–Crippen MR) is 114 cm³/mol. The summed E-state index contributed by atoms with van der Waals surface area (Å²) in [7, 11) is 0. The molecule has 150 valence electrons. The molecule has 1 unspecified atom stereocenters. The quantitative estimate of drug-likeness (QED) is 0.350. The highest BCUT2D eigenvalue weighted by atomic mass is 79.9. The van der Waals surface area contributed by atoms with Crippen molar-refractivity contribution in [1.29, 1.82) is 5.41 Å². The van der Waals surface area contributed by atoms with E-state index in [1.165, 1.54) is 22.9 Å². The summed E-state index contributed by atoms with van der Waals surface area (Å²) in [5.74, 6) is 0. The normalized spacial score (nSPS) is 15.6. The lowest BCUT2D eigenvalue weighted by Crippen LogP contribution is -2.10. The number of benzene rings is 2. The average molecular weight is 460 g/mol. The lowest BCUT2D eigenvalue weighted by atomic mass is 10.0. The number of aromatic nitrogens is 2. The Morgan fingerprint density at radius 3 is 2.86 bits per heavy atom. The molecular weight excluding hydrogens is 440 g/mol. The van der Waals surface area contributed by atoms with Crippen LogP contribution in [0.5, 0.6) is 0 Å². The number of nitrogens with zero attached hydrogens (tertiary/aromatic N) is 2. The molecule has 0 saturated heterocycles. The molecule has 1 aliphatic rings. The molecule has 1 atom stereocenters. The average Bonchev–Trinajstić information content (AvgIpc) is 3.34. The topological polar surface area (TPSA) is 79.7 Å². The molecule has 1 aliphatic carbocycles. The van der Waals surface area contributed by atoms with Gasteiger partial charge in [0.2, 0.25) is 0 Å². The number of nitrogen functional groups attached to an aromatic ring is 1. The number of nitrogens with one attached hydrogen (secondary N) is 2. The van der Waals surface area contributed by atoms with Gasteiger partial charge in [-0.2, -0.15) is 13.9 Å². The lowest BCUT2D eigenvalue weighted by Gasteiger charge is -2.18. The molecule has 0 fully saturated rings. The molecule has 0 saturated carbocycles. The van der Waals surface area contributed by atoms with Gasteiger partial charge in [-0.3, -0.25) is 5.41 Å². The fourth-order valence-electron chi connectivity index (χ4n) is 3.79. The zero-order valence-electron chi connectivity index (χ0n) is 15.7. The van der Waals surface area contributed by atoms with E-state index in [1.54, 1.807) is 12.1 Å². The smallest absolute Gasteiger partial charge is 0.333 e. The SMILES string of the molecule is Cc1c(Br)ccc2c1CCC2Nc1ccc(N)c(C(=N)c2cnn(C(F)F)c2)c1. The van der Waals surface area contributed by atoms with Gasteiger partial charge in [-0.15, -0.1) is 0 Å².